The summed E-state index contributed by atoms with van der Waals surface area (Å²) < 4.78 is 0. The van der Waals surface area contributed by atoms with Gasteiger partial charge in [0.2, 0.25) is 0 Å². The van der Waals surface area contributed by atoms with Crippen LogP contribution in [0.3, 0.4) is 0 Å². The molecule has 4 unspecified atom stereocenters. The standard InChI is InChI=1S/C12H22N2P4/c1-2-7-14-8-6-13-11-4-3-5-12(10(11)9-14)18(16)17-15/h3-5,13,17H,2,6-9,15-16H2,1H3. The summed E-state index contributed by atoms with van der Waals surface area (Å²) in [6.45, 7) is 6.79. The molecule has 0 amide bonds. The molecule has 0 fully saturated rings. The Kier molecular flexibility index (Phi) is 6.27. The molecule has 1 aliphatic heterocycles. The molecule has 18 heavy (non-hydrogen) atoms. The highest BCUT2D eigenvalue weighted by Gasteiger charge is 2.18. The second kappa shape index (κ2) is 7.47. The van der Waals surface area contributed by atoms with Crippen molar-refractivity contribution in [2.75, 3.05) is 25.0 Å². The minimum Gasteiger partial charge on any atom is -0.383 e. The van der Waals surface area contributed by atoms with Crippen molar-refractivity contribution < 1.29 is 0 Å². The molecule has 0 saturated carbocycles. The number of hydrogen-bond acceptors (Lipinski definition) is 2. The largest absolute Gasteiger partial charge is 0.383 e. The quantitative estimate of drug-likeness (QED) is 0.853. The van der Waals surface area contributed by atoms with E-state index in [0.29, 0.717) is 0 Å². The Balaban J connectivity index is 2.30. The van der Waals surface area contributed by atoms with E-state index >= 15 is 0 Å². The van der Waals surface area contributed by atoms with Gasteiger partial charge in [0.25, 0.3) is 0 Å². The molecular weight excluding hydrogens is 296 g/mol. The van der Waals surface area contributed by atoms with Crippen LogP contribution in [0, 0.1) is 0 Å². The third-order valence-corrected chi connectivity index (χ3v) is 13.4. The SMILES string of the molecule is CCCN1CCNc2cccc(P(P)PP)c2C1. The van der Waals surface area contributed by atoms with Gasteiger partial charge in [-0.05, 0) is 37.2 Å². The zero-order chi connectivity index (χ0) is 13.0. The van der Waals surface area contributed by atoms with Crippen LogP contribution >= 0.6 is 33.1 Å². The van der Waals surface area contributed by atoms with Crippen LogP contribution < -0.4 is 10.6 Å². The first-order chi connectivity index (χ1) is 8.76. The fourth-order valence-corrected chi connectivity index (χ4v) is 6.25. The summed E-state index contributed by atoms with van der Waals surface area (Å²) in [5.41, 5.74) is 2.88. The van der Waals surface area contributed by atoms with Crippen molar-refractivity contribution in [3.05, 3.63) is 23.8 Å². The van der Waals surface area contributed by atoms with Crippen LogP contribution in [0.5, 0.6) is 0 Å². The number of anilines is 1. The van der Waals surface area contributed by atoms with Crippen LogP contribution in [0.1, 0.15) is 18.9 Å². The average molecular weight is 318 g/mol. The van der Waals surface area contributed by atoms with Crippen LogP contribution in [0.4, 0.5) is 5.69 Å². The number of fused-ring (bicyclic) bond motifs is 1. The van der Waals surface area contributed by atoms with E-state index in [2.05, 4.69) is 53.2 Å². The topological polar surface area (TPSA) is 15.3 Å². The van der Waals surface area contributed by atoms with Crippen molar-refractivity contribution in [1.29, 1.82) is 0 Å². The number of nitrogens with zero attached hydrogens (tertiary/aromatic N) is 1. The third kappa shape index (κ3) is 3.62. The lowest BCUT2D eigenvalue weighted by Gasteiger charge is -2.22. The molecule has 1 heterocycles. The fourth-order valence-electron chi connectivity index (χ4n) is 2.36. The lowest BCUT2D eigenvalue weighted by molar-refractivity contribution is 0.282. The summed E-state index contributed by atoms with van der Waals surface area (Å²) in [4.78, 5) is 2.57. The number of benzene rings is 1. The van der Waals surface area contributed by atoms with E-state index in [4.69, 9.17) is 0 Å². The maximum atomic E-state index is 3.59. The summed E-state index contributed by atoms with van der Waals surface area (Å²) in [5.74, 6) is 0. The molecule has 1 aromatic carbocycles. The van der Waals surface area contributed by atoms with E-state index in [1.807, 2.05) is 0 Å². The van der Waals surface area contributed by atoms with Gasteiger partial charge in [0, 0.05) is 25.3 Å². The molecule has 1 aromatic rings. The van der Waals surface area contributed by atoms with Crippen molar-refractivity contribution in [1.82, 2.24) is 4.90 Å². The Morgan fingerprint density at radius 2 is 2.33 bits per heavy atom. The van der Waals surface area contributed by atoms with E-state index in [1.54, 1.807) is 5.30 Å². The zero-order valence-corrected chi connectivity index (χ0v) is 15.0. The van der Waals surface area contributed by atoms with Crippen molar-refractivity contribution in [2.24, 2.45) is 0 Å². The van der Waals surface area contributed by atoms with Gasteiger partial charge in [0.05, 0.1) is 0 Å². The van der Waals surface area contributed by atoms with Gasteiger partial charge in [0.1, 0.15) is 0 Å². The third-order valence-electron chi connectivity index (χ3n) is 3.21. The lowest BCUT2D eigenvalue weighted by atomic mass is 10.1. The normalized spacial score (nSPS) is 18.4. The highest BCUT2D eigenvalue weighted by molar-refractivity contribution is 8.63. The second-order valence-corrected chi connectivity index (χ2v) is 13.6. The molecule has 1 aliphatic rings. The average Bonchev–Trinajstić information content (AvgIpc) is 2.59. The van der Waals surface area contributed by atoms with Crippen molar-refractivity contribution in [2.45, 2.75) is 19.9 Å². The molecule has 1 N–H and O–H groups in total. The van der Waals surface area contributed by atoms with Crippen LogP contribution in [-0.4, -0.2) is 24.5 Å². The Morgan fingerprint density at radius 3 is 3.06 bits per heavy atom. The zero-order valence-electron chi connectivity index (χ0n) is 10.8. The van der Waals surface area contributed by atoms with Crippen molar-refractivity contribution >= 4 is 44.1 Å². The van der Waals surface area contributed by atoms with E-state index < -0.39 is 0 Å². The van der Waals surface area contributed by atoms with Gasteiger partial charge in [-0.2, -0.15) is 0 Å². The molecule has 100 valence electrons. The number of nitrogens with one attached hydrogen (secondary N) is 1. The number of hydrogen-bond donors (Lipinski definition) is 1. The van der Waals surface area contributed by atoms with E-state index in [-0.39, 0.29) is 7.30 Å². The summed E-state index contributed by atoms with van der Waals surface area (Å²) in [7, 11) is 6.78. The Bertz CT molecular complexity index is 400. The molecule has 0 aliphatic carbocycles. The molecule has 0 bridgehead atoms. The fraction of sp³-hybridized carbons (Fsp3) is 0.500. The minimum absolute atomic E-state index is 0.0875. The molecule has 2 rings (SSSR count). The van der Waals surface area contributed by atoms with Crippen molar-refractivity contribution in [3.63, 3.8) is 0 Å². The van der Waals surface area contributed by atoms with Gasteiger partial charge in [-0.1, -0.05) is 27.0 Å². The molecule has 0 radical (unpaired) electrons. The Labute approximate surface area is 118 Å². The predicted octanol–water partition coefficient (Wildman–Crippen LogP) is 3.61. The highest BCUT2D eigenvalue weighted by Crippen LogP contribution is 2.65. The monoisotopic (exact) mass is 318 g/mol. The molecule has 4 atom stereocenters. The maximum Gasteiger partial charge on any atom is 0.0393 e. The second-order valence-electron chi connectivity index (χ2n) is 4.51. The summed E-state index contributed by atoms with van der Waals surface area (Å²) in [6.07, 6.45) is 1.23. The van der Waals surface area contributed by atoms with Gasteiger partial charge >= 0.3 is 0 Å². The number of rotatable bonds is 4. The van der Waals surface area contributed by atoms with Crippen molar-refractivity contribution in [3.8, 4) is 0 Å². The highest BCUT2D eigenvalue weighted by atomic mass is 32.6. The van der Waals surface area contributed by atoms with Crippen LogP contribution in [0.2, 0.25) is 0 Å². The van der Waals surface area contributed by atoms with E-state index in [1.165, 1.54) is 24.2 Å². The Morgan fingerprint density at radius 1 is 1.50 bits per heavy atom. The van der Waals surface area contributed by atoms with Gasteiger partial charge in [-0.25, -0.2) is 0 Å². The molecular formula is C12H22N2P4. The first-order valence-corrected chi connectivity index (χ1v) is 13.0. The summed E-state index contributed by atoms with van der Waals surface area (Å²) >= 11 is 0. The first kappa shape index (κ1) is 15.1. The van der Waals surface area contributed by atoms with Crippen LogP contribution in [-0.2, 0) is 6.54 Å². The smallest absolute Gasteiger partial charge is 0.0393 e. The molecule has 2 nitrogen and oxygen atoms in total. The maximum absolute atomic E-state index is 3.59. The Hall–Kier alpha value is 0.700. The predicted molar refractivity (Wildman–Crippen MR) is 94.8 cm³/mol. The van der Waals surface area contributed by atoms with Gasteiger partial charge in [0.15, 0.2) is 0 Å². The summed E-state index contributed by atoms with van der Waals surface area (Å²) in [5, 5.41) is 5.14. The van der Waals surface area contributed by atoms with E-state index in [0.717, 1.165) is 27.6 Å². The molecule has 0 aromatic heterocycles. The lowest BCUT2D eigenvalue weighted by Crippen LogP contribution is -2.27. The van der Waals surface area contributed by atoms with Gasteiger partial charge in [-0.15, -0.1) is 17.9 Å². The molecule has 0 saturated heterocycles. The summed E-state index contributed by atoms with van der Waals surface area (Å²) in [6, 6.07) is 6.74. The van der Waals surface area contributed by atoms with Crippen LogP contribution in [0.15, 0.2) is 18.2 Å². The minimum atomic E-state index is -0.0875. The molecule has 0 spiro atoms. The first-order valence-electron chi connectivity index (χ1n) is 6.35. The van der Waals surface area contributed by atoms with Crippen LogP contribution in [0.25, 0.3) is 0 Å². The van der Waals surface area contributed by atoms with E-state index in [9.17, 15) is 0 Å². The van der Waals surface area contributed by atoms with Gasteiger partial charge < -0.3 is 5.32 Å². The molecule has 6 heteroatoms. The van der Waals surface area contributed by atoms with Gasteiger partial charge in [-0.3, -0.25) is 4.90 Å².